The van der Waals surface area contributed by atoms with Gasteiger partial charge in [0.05, 0.1) is 0 Å². The number of carbonyl (C=O) groups is 2. The van der Waals surface area contributed by atoms with Gasteiger partial charge in [0, 0.05) is 44.3 Å². The van der Waals surface area contributed by atoms with Gasteiger partial charge in [0.1, 0.15) is 17.2 Å². The van der Waals surface area contributed by atoms with Gasteiger partial charge in [-0.2, -0.15) is 5.26 Å². The molecule has 1 saturated heterocycles. The molecule has 1 aromatic heterocycles. The number of nitriles is 1. The number of ether oxygens (including phenoxy) is 1. The molecule has 0 aromatic carbocycles. The van der Waals surface area contributed by atoms with Crippen LogP contribution in [0.15, 0.2) is 36.3 Å². The van der Waals surface area contributed by atoms with Crippen LogP contribution in [0.2, 0.25) is 0 Å². The first-order valence-electron chi connectivity index (χ1n) is 9.30. The zero-order valence-corrected chi connectivity index (χ0v) is 16.6. The second kappa shape index (κ2) is 9.74. The molecule has 28 heavy (non-hydrogen) atoms. The Bertz CT molecular complexity index is 741. The maximum absolute atomic E-state index is 12.2. The summed E-state index contributed by atoms with van der Waals surface area (Å²) in [5.41, 5.74) is 0.355. The molecule has 0 bridgehead atoms. The molecule has 8 nitrogen and oxygen atoms in total. The predicted molar refractivity (Wildman–Crippen MR) is 104 cm³/mol. The topological polar surface area (TPSA) is 107 Å². The third-order valence-electron chi connectivity index (χ3n) is 4.15. The van der Waals surface area contributed by atoms with Gasteiger partial charge >= 0.3 is 6.09 Å². The zero-order valence-electron chi connectivity index (χ0n) is 16.6. The van der Waals surface area contributed by atoms with E-state index < -0.39 is 11.5 Å². The zero-order chi connectivity index (χ0) is 20.6. The van der Waals surface area contributed by atoms with Gasteiger partial charge in [-0.25, -0.2) is 4.79 Å². The van der Waals surface area contributed by atoms with Gasteiger partial charge in [-0.05, 0) is 45.2 Å². The summed E-state index contributed by atoms with van der Waals surface area (Å²) in [4.78, 5) is 29.9. The molecule has 1 fully saturated rings. The fourth-order valence-corrected chi connectivity index (χ4v) is 2.69. The van der Waals surface area contributed by atoms with Gasteiger partial charge in [0.25, 0.3) is 5.91 Å². The molecule has 0 radical (unpaired) electrons. The fraction of sp³-hybridized carbons (Fsp3) is 0.500. The Kier molecular flexibility index (Phi) is 7.38. The Morgan fingerprint density at radius 2 is 2.11 bits per heavy atom. The second-order valence-corrected chi connectivity index (χ2v) is 7.62. The Morgan fingerprint density at radius 1 is 1.39 bits per heavy atom. The number of likely N-dealkylation sites (tertiary alicyclic amines) is 1. The molecule has 0 atom stereocenters. The van der Waals surface area contributed by atoms with Crippen LogP contribution in [0.5, 0.6) is 0 Å². The van der Waals surface area contributed by atoms with Crippen molar-refractivity contribution in [2.75, 3.05) is 13.1 Å². The number of carbonyl (C=O) groups excluding carboxylic acids is 2. The van der Waals surface area contributed by atoms with Crippen molar-refractivity contribution in [2.24, 2.45) is 0 Å². The molecule has 0 spiro atoms. The molecule has 2 rings (SSSR count). The van der Waals surface area contributed by atoms with Gasteiger partial charge < -0.3 is 20.3 Å². The molecule has 1 aromatic rings. The largest absolute Gasteiger partial charge is 0.444 e. The average Bonchev–Trinajstić information content (AvgIpc) is 2.66. The summed E-state index contributed by atoms with van der Waals surface area (Å²) in [6.45, 7) is 6.96. The highest BCUT2D eigenvalue weighted by atomic mass is 16.6. The lowest BCUT2D eigenvalue weighted by Gasteiger charge is -2.33. The lowest BCUT2D eigenvalue weighted by Crippen LogP contribution is -2.45. The van der Waals surface area contributed by atoms with Gasteiger partial charge in [0.2, 0.25) is 0 Å². The van der Waals surface area contributed by atoms with Crippen molar-refractivity contribution in [3.63, 3.8) is 0 Å². The maximum Gasteiger partial charge on any atom is 0.410 e. The van der Waals surface area contributed by atoms with E-state index in [1.807, 2.05) is 32.9 Å². The highest BCUT2D eigenvalue weighted by molar-refractivity contribution is 5.97. The summed E-state index contributed by atoms with van der Waals surface area (Å²) < 4.78 is 5.38. The van der Waals surface area contributed by atoms with E-state index in [1.165, 1.54) is 6.20 Å². The Labute approximate surface area is 165 Å². The van der Waals surface area contributed by atoms with Crippen LogP contribution in [-0.2, 0) is 16.1 Å². The molecule has 2 amide bonds. The number of pyridine rings is 1. The third-order valence-corrected chi connectivity index (χ3v) is 4.15. The van der Waals surface area contributed by atoms with Crippen molar-refractivity contribution in [1.29, 1.82) is 5.26 Å². The molecule has 0 aliphatic carbocycles. The van der Waals surface area contributed by atoms with E-state index in [0.29, 0.717) is 32.5 Å². The van der Waals surface area contributed by atoms with Crippen molar-refractivity contribution in [2.45, 2.75) is 51.8 Å². The first-order chi connectivity index (χ1) is 13.3. The van der Waals surface area contributed by atoms with Gasteiger partial charge in [-0.1, -0.05) is 6.07 Å². The highest BCUT2D eigenvalue weighted by Gasteiger charge is 2.26. The van der Waals surface area contributed by atoms with E-state index in [1.54, 1.807) is 23.4 Å². The molecule has 150 valence electrons. The molecule has 8 heteroatoms. The number of piperidine rings is 1. The molecular formula is C20H27N5O3. The molecular weight excluding hydrogens is 358 g/mol. The Hall–Kier alpha value is -3.08. The van der Waals surface area contributed by atoms with E-state index in [0.717, 1.165) is 5.56 Å². The quantitative estimate of drug-likeness (QED) is 0.594. The van der Waals surface area contributed by atoms with Crippen LogP contribution in [0.1, 0.15) is 39.2 Å². The van der Waals surface area contributed by atoms with Crippen molar-refractivity contribution in [1.82, 2.24) is 20.5 Å². The Morgan fingerprint density at radius 3 is 2.68 bits per heavy atom. The van der Waals surface area contributed by atoms with E-state index in [9.17, 15) is 14.9 Å². The lowest BCUT2D eigenvalue weighted by atomic mass is 10.1. The summed E-state index contributed by atoms with van der Waals surface area (Å²) >= 11 is 0. The minimum Gasteiger partial charge on any atom is -0.444 e. The van der Waals surface area contributed by atoms with Gasteiger partial charge in [0.15, 0.2) is 0 Å². The van der Waals surface area contributed by atoms with E-state index in [2.05, 4.69) is 15.6 Å². The smallest absolute Gasteiger partial charge is 0.410 e. The number of amides is 2. The van der Waals surface area contributed by atoms with E-state index in [4.69, 9.17) is 4.74 Å². The van der Waals surface area contributed by atoms with E-state index >= 15 is 0 Å². The standard InChI is InChI=1S/C20H27N5O3/c1-20(2,3)28-19(27)25-9-6-17(7-10-25)23-14-16(11-21)18(26)24-13-15-5-4-8-22-12-15/h4-5,8,12,14,17,23H,6-7,9-10,13H2,1-3H3,(H,24,26)/b16-14-. The molecule has 1 aliphatic heterocycles. The van der Waals surface area contributed by atoms with E-state index in [-0.39, 0.29) is 17.7 Å². The van der Waals surface area contributed by atoms with Crippen LogP contribution in [0, 0.1) is 11.3 Å². The SMILES string of the molecule is CC(C)(C)OC(=O)N1CCC(N/C=C(/C#N)C(=O)NCc2cccnc2)CC1. The molecule has 0 saturated carbocycles. The molecule has 0 unspecified atom stereocenters. The summed E-state index contributed by atoms with van der Waals surface area (Å²) in [7, 11) is 0. The third kappa shape index (κ3) is 6.91. The minimum absolute atomic E-state index is 0.0125. The number of rotatable bonds is 5. The van der Waals surface area contributed by atoms with Gasteiger partial charge in [-0.15, -0.1) is 0 Å². The monoisotopic (exact) mass is 385 g/mol. The number of aromatic nitrogens is 1. The van der Waals surface area contributed by atoms with Crippen LogP contribution in [0.25, 0.3) is 0 Å². The minimum atomic E-state index is -0.514. The van der Waals surface area contributed by atoms with Crippen LogP contribution in [0.3, 0.4) is 0 Å². The van der Waals surface area contributed by atoms with Crippen molar-refractivity contribution in [3.8, 4) is 6.07 Å². The highest BCUT2D eigenvalue weighted by Crippen LogP contribution is 2.15. The lowest BCUT2D eigenvalue weighted by molar-refractivity contribution is -0.117. The second-order valence-electron chi connectivity index (χ2n) is 7.62. The number of nitrogens with zero attached hydrogens (tertiary/aromatic N) is 3. The van der Waals surface area contributed by atoms with Crippen molar-refractivity contribution in [3.05, 3.63) is 41.9 Å². The van der Waals surface area contributed by atoms with Crippen LogP contribution < -0.4 is 10.6 Å². The average molecular weight is 385 g/mol. The maximum atomic E-state index is 12.2. The summed E-state index contributed by atoms with van der Waals surface area (Å²) in [5, 5.41) is 15.1. The van der Waals surface area contributed by atoms with Crippen molar-refractivity contribution >= 4 is 12.0 Å². The number of nitrogens with one attached hydrogen (secondary N) is 2. The number of hydrogen-bond acceptors (Lipinski definition) is 6. The first kappa shape index (κ1) is 21.2. The van der Waals surface area contributed by atoms with Crippen LogP contribution in [0.4, 0.5) is 4.79 Å². The normalized spacial score (nSPS) is 15.5. The molecule has 2 N–H and O–H groups in total. The summed E-state index contributed by atoms with van der Waals surface area (Å²) in [5.74, 6) is -0.440. The summed E-state index contributed by atoms with van der Waals surface area (Å²) in [6, 6.07) is 5.64. The molecule has 1 aliphatic rings. The van der Waals surface area contributed by atoms with Crippen LogP contribution in [-0.4, -0.2) is 46.6 Å². The molecule has 2 heterocycles. The van der Waals surface area contributed by atoms with Gasteiger partial charge in [-0.3, -0.25) is 9.78 Å². The van der Waals surface area contributed by atoms with Crippen LogP contribution >= 0.6 is 0 Å². The number of hydrogen-bond donors (Lipinski definition) is 2. The Balaban J connectivity index is 1.79. The first-order valence-corrected chi connectivity index (χ1v) is 9.30. The predicted octanol–water partition coefficient (Wildman–Crippen LogP) is 2.09. The van der Waals surface area contributed by atoms with Crippen molar-refractivity contribution < 1.29 is 14.3 Å². The summed E-state index contributed by atoms with van der Waals surface area (Å²) in [6.07, 6.45) is 5.88. The fourth-order valence-electron chi connectivity index (χ4n) is 2.69.